The molecule has 0 spiro atoms. The van der Waals surface area contributed by atoms with E-state index in [-0.39, 0.29) is 0 Å². The van der Waals surface area contributed by atoms with E-state index in [1.165, 1.54) is 0 Å². The molecular weight excluding hydrogens is 583 g/mol. The SMILES string of the molecule is c1ccc(O[P@@]2(n3ccnc3)=NP(c3ccccc3)(c3ccccc3)=N[P@@](Oc3ccccc3)(n3ccnc3)=N2)cc1. The molecule has 2 atom stereocenters. The van der Waals surface area contributed by atoms with Crippen molar-refractivity contribution in [1.29, 1.82) is 0 Å². The normalized spacial score (nSPS) is 20.9. The Bertz CT molecular complexity index is 1830. The lowest BCUT2D eigenvalue weighted by Gasteiger charge is -2.36. The summed E-state index contributed by atoms with van der Waals surface area (Å²) in [4.78, 5) is 8.79. The van der Waals surface area contributed by atoms with Crippen molar-refractivity contribution in [2.75, 3.05) is 0 Å². The van der Waals surface area contributed by atoms with E-state index in [0.717, 1.165) is 10.6 Å². The first-order valence-corrected chi connectivity index (χ1v) is 18.0. The van der Waals surface area contributed by atoms with Crippen molar-refractivity contribution >= 4 is 33.0 Å². The summed E-state index contributed by atoms with van der Waals surface area (Å²) in [6.45, 7) is 0. The van der Waals surface area contributed by atoms with E-state index in [2.05, 4.69) is 34.2 Å². The van der Waals surface area contributed by atoms with Gasteiger partial charge in [0, 0.05) is 35.4 Å². The number of benzene rings is 4. The highest BCUT2D eigenvalue weighted by atomic mass is 31.3. The van der Waals surface area contributed by atoms with Crippen LogP contribution in [-0.2, 0) is 0 Å². The zero-order valence-electron chi connectivity index (χ0n) is 22.3. The van der Waals surface area contributed by atoms with Gasteiger partial charge in [0.25, 0.3) is 0 Å². The van der Waals surface area contributed by atoms with Crippen molar-refractivity contribution in [3.05, 3.63) is 159 Å². The van der Waals surface area contributed by atoms with Gasteiger partial charge in [-0.3, -0.25) is 8.68 Å². The van der Waals surface area contributed by atoms with Crippen molar-refractivity contribution in [1.82, 2.24) is 18.6 Å². The minimum Gasteiger partial charge on any atom is -0.426 e. The lowest BCUT2D eigenvalue weighted by Crippen LogP contribution is -2.18. The van der Waals surface area contributed by atoms with Gasteiger partial charge in [-0.1, -0.05) is 97.1 Å². The molecule has 6 aromatic rings. The van der Waals surface area contributed by atoms with Gasteiger partial charge in [0.2, 0.25) is 0 Å². The monoisotopic (exact) mass is 609 g/mol. The fourth-order valence-corrected chi connectivity index (χ4v) is 16.9. The van der Waals surface area contributed by atoms with Crippen LogP contribution in [0, 0.1) is 0 Å². The molecule has 12 heteroatoms. The molecule has 0 amide bonds. The molecule has 1 aliphatic rings. The summed E-state index contributed by atoms with van der Waals surface area (Å²) in [5.41, 5.74) is 0. The lowest BCUT2D eigenvalue weighted by atomic mass is 10.3. The fraction of sp³-hybridized carbons (Fsp3) is 0. The fourth-order valence-electron chi connectivity index (χ4n) is 4.58. The van der Waals surface area contributed by atoms with Gasteiger partial charge in [0.05, 0.1) is 0 Å². The van der Waals surface area contributed by atoms with Crippen LogP contribution in [0.25, 0.3) is 0 Å². The molecule has 0 unspecified atom stereocenters. The molecule has 0 saturated heterocycles. The smallest absolute Gasteiger partial charge is 0.366 e. The standard InChI is InChI=1S/C30H26N7O2P3/c1-5-13-27(14-6-1)38-41(36-23-21-31-25-36)33-40(29-17-9-3-10-18-29,30-19-11-4-12-20-30)34-42(35-41,37-24-22-32-26-37)39-28-15-7-2-8-16-28/h1-26H/t41-,42-/m0/s1. The first-order chi connectivity index (χ1) is 20.7. The third-order valence-corrected chi connectivity index (χ3v) is 16.9. The molecule has 7 rings (SSSR count). The quantitative estimate of drug-likeness (QED) is 0.162. The minimum absolute atomic E-state index is 0.636. The van der Waals surface area contributed by atoms with Gasteiger partial charge in [0.1, 0.15) is 31.4 Å². The van der Waals surface area contributed by atoms with Gasteiger partial charge in [-0.25, -0.2) is 9.97 Å². The van der Waals surface area contributed by atoms with Crippen LogP contribution >= 0.6 is 22.4 Å². The summed E-state index contributed by atoms with van der Waals surface area (Å²) in [5, 5.41) is 1.93. The van der Waals surface area contributed by atoms with E-state index in [9.17, 15) is 0 Å². The highest BCUT2D eigenvalue weighted by Gasteiger charge is 2.44. The zero-order chi connectivity index (χ0) is 28.3. The van der Waals surface area contributed by atoms with Crippen LogP contribution in [0.1, 0.15) is 0 Å². The van der Waals surface area contributed by atoms with E-state index in [0.29, 0.717) is 11.5 Å². The number of rotatable bonds is 8. The lowest BCUT2D eigenvalue weighted by molar-refractivity contribution is 0.579. The molecule has 0 radical (unpaired) electrons. The number of nitrogens with zero attached hydrogens (tertiary/aromatic N) is 7. The Morgan fingerprint density at radius 2 is 0.857 bits per heavy atom. The molecular formula is C30H26N7O2P3. The summed E-state index contributed by atoms with van der Waals surface area (Å²) in [5.74, 6) is 1.27. The second kappa shape index (κ2) is 11.1. The highest BCUT2D eigenvalue weighted by Crippen LogP contribution is 2.78. The number of para-hydroxylation sites is 2. The zero-order valence-corrected chi connectivity index (χ0v) is 25.0. The predicted molar refractivity (Wildman–Crippen MR) is 170 cm³/mol. The van der Waals surface area contributed by atoms with Gasteiger partial charge in [-0.15, -0.1) is 4.52 Å². The van der Waals surface area contributed by atoms with Crippen molar-refractivity contribution in [2.45, 2.75) is 0 Å². The maximum atomic E-state index is 6.96. The van der Waals surface area contributed by atoms with Crippen LogP contribution in [0.3, 0.4) is 0 Å². The van der Waals surface area contributed by atoms with Gasteiger partial charge in [-0.05, 0) is 24.3 Å². The number of imidazole rings is 2. The molecule has 0 N–H and O–H groups in total. The van der Waals surface area contributed by atoms with Gasteiger partial charge in [0.15, 0.2) is 0 Å². The van der Waals surface area contributed by atoms with Crippen LogP contribution in [-0.4, -0.2) is 18.6 Å². The molecule has 208 valence electrons. The Morgan fingerprint density at radius 3 is 1.26 bits per heavy atom. The maximum absolute atomic E-state index is 6.96. The Morgan fingerprint density at radius 1 is 0.452 bits per heavy atom. The molecule has 42 heavy (non-hydrogen) atoms. The second-order valence-corrected chi connectivity index (χ2v) is 17.0. The third-order valence-electron chi connectivity index (χ3n) is 6.48. The highest BCUT2D eigenvalue weighted by molar-refractivity contribution is 7.90. The summed E-state index contributed by atoms with van der Waals surface area (Å²) in [6, 6.07) is 39.7. The van der Waals surface area contributed by atoms with Crippen LogP contribution in [0.5, 0.6) is 11.5 Å². The summed E-state index contributed by atoms with van der Waals surface area (Å²) >= 11 is 0. The van der Waals surface area contributed by atoms with Crippen LogP contribution in [0.15, 0.2) is 172 Å². The van der Waals surface area contributed by atoms with E-state index in [1.807, 2.05) is 118 Å². The van der Waals surface area contributed by atoms with Crippen molar-refractivity contribution in [3.8, 4) is 11.5 Å². The first kappa shape index (κ1) is 26.5. The third kappa shape index (κ3) is 4.86. The maximum Gasteiger partial charge on any atom is 0.366 e. The minimum atomic E-state index is -3.33. The molecule has 0 saturated carbocycles. The Labute approximate surface area is 244 Å². The van der Waals surface area contributed by atoms with Crippen molar-refractivity contribution in [3.63, 3.8) is 0 Å². The molecule has 3 heterocycles. The van der Waals surface area contributed by atoms with Crippen LogP contribution < -0.4 is 19.7 Å². The predicted octanol–water partition coefficient (Wildman–Crippen LogP) is 8.31. The van der Waals surface area contributed by atoms with Gasteiger partial charge < -0.3 is 9.05 Å². The first-order valence-electron chi connectivity index (χ1n) is 13.2. The number of hydrogen-bond donors (Lipinski definition) is 0. The molecule has 0 aliphatic carbocycles. The second-order valence-electron chi connectivity index (χ2n) is 9.26. The largest absolute Gasteiger partial charge is 0.426 e. The molecule has 4 aromatic carbocycles. The summed E-state index contributed by atoms with van der Waals surface area (Å²) in [7, 11) is -9.65. The Balaban J connectivity index is 1.67. The molecule has 9 nitrogen and oxygen atoms in total. The number of hydrogen-bond acceptors (Lipinski definition) is 7. The number of aromatic nitrogens is 4. The van der Waals surface area contributed by atoms with E-state index in [1.54, 1.807) is 25.0 Å². The Hall–Kier alpha value is -4.41. The molecule has 0 bridgehead atoms. The average Bonchev–Trinajstić information content (AvgIpc) is 3.79. The molecule has 2 aromatic heterocycles. The van der Waals surface area contributed by atoms with Crippen molar-refractivity contribution < 1.29 is 9.05 Å². The van der Waals surface area contributed by atoms with Gasteiger partial charge >= 0.3 is 15.2 Å². The Kier molecular flexibility index (Phi) is 7.01. The summed E-state index contributed by atoms with van der Waals surface area (Å²) < 4.78 is 34.5. The van der Waals surface area contributed by atoms with E-state index in [4.69, 9.17) is 22.6 Å². The van der Waals surface area contributed by atoms with Gasteiger partial charge in [-0.2, -0.15) is 9.03 Å². The van der Waals surface area contributed by atoms with E-state index >= 15 is 0 Å². The topological polar surface area (TPSA) is 91.2 Å². The van der Waals surface area contributed by atoms with Crippen LogP contribution in [0.2, 0.25) is 0 Å². The molecule has 1 aliphatic heterocycles. The summed E-state index contributed by atoms with van der Waals surface area (Å²) in [6.07, 6.45) is 10.6. The average molecular weight is 610 g/mol. The van der Waals surface area contributed by atoms with Crippen molar-refractivity contribution in [2.24, 2.45) is 13.5 Å². The van der Waals surface area contributed by atoms with Crippen LogP contribution in [0.4, 0.5) is 0 Å². The van der Waals surface area contributed by atoms with E-state index < -0.39 is 22.4 Å². The molecule has 0 fully saturated rings.